The van der Waals surface area contributed by atoms with E-state index in [0.717, 1.165) is 33.8 Å². The van der Waals surface area contributed by atoms with E-state index in [0.29, 0.717) is 5.69 Å². The maximum atomic E-state index is 12.7. The molecule has 1 heterocycles. The summed E-state index contributed by atoms with van der Waals surface area (Å²) in [6.07, 6.45) is 0. The van der Waals surface area contributed by atoms with Gasteiger partial charge >= 0.3 is 0 Å². The molecule has 6 heteroatoms. The van der Waals surface area contributed by atoms with E-state index in [1.807, 2.05) is 87.5 Å². The lowest BCUT2D eigenvalue weighted by Crippen LogP contribution is -2.23. The molecule has 2 N–H and O–H groups in total. The number of carbonyl (C=O) groups excluding carboxylic acids is 1. The fraction of sp³-hybridized carbons (Fsp3) is 0.179. The minimum Gasteiger partial charge on any atom is -0.497 e. The van der Waals surface area contributed by atoms with E-state index in [1.54, 1.807) is 7.11 Å². The summed E-state index contributed by atoms with van der Waals surface area (Å²) in [5.41, 5.74) is 7.66. The lowest BCUT2D eigenvalue weighted by molar-refractivity contribution is -0.114. The summed E-state index contributed by atoms with van der Waals surface area (Å²) in [4.78, 5) is 22.0. The van der Waals surface area contributed by atoms with E-state index >= 15 is 0 Å². The van der Waals surface area contributed by atoms with Crippen LogP contribution in [0.5, 0.6) is 5.75 Å². The lowest BCUT2D eigenvalue weighted by Gasteiger charge is -2.12. The number of aryl methyl sites for hydroxylation is 3. The molecule has 34 heavy (non-hydrogen) atoms. The Labute approximate surface area is 200 Å². The maximum absolute atomic E-state index is 12.7. The fourth-order valence-electron chi connectivity index (χ4n) is 3.64. The smallest absolute Gasteiger partial charge is 0.246 e. The van der Waals surface area contributed by atoms with Crippen molar-refractivity contribution in [2.45, 2.75) is 20.8 Å². The number of nitrogens with one attached hydrogen (secondary N) is 2. The van der Waals surface area contributed by atoms with Gasteiger partial charge in [0, 0.05) is 16.8 Å². The highest BCUT2D eigenvalue weighted by molar-refractivity contribution is 5.92. The Bertz CT molecular complexity index is 1300. The summed E-state index contributed by atoms with van der Waals surface area (Å²) in [5.74, 6) is 0.806. The third kappa shape index (κ3) is 5.59. The molecule has 0 fully saturated rings. The van der Waals surface area contributed by atoms with Crippen molar-refractivity contribution in [1.82, 2.24) is 9.97 Å². The molecule has 0 spiro atoms. The number of aromatic nitrogens is 2. The lowest BCUT2D eigenvalue weighted by atomic mass is 10.1. The molecule has 0 radical (unpaired) electrons. The first-order chi connectivity index (χ1) is 16.4. The number of anilines is 2. The zero-order chi connectivity index (χ0) is 24.1. The van der Waals surface area contributed by atoms with Crippen LogP contribution in [0.4, 0.5) is 11.6 Å². The summed E-state index contributed by atoms with van der Waals surface area (Å²) < 4.78 is 5.27. The molecule has 4 rings (SSSR count). The molecule has 172 valence electrons. The summed E-state index contributed by atoms with van der Waals surface area (Å²) >= 11 is 0. The van der Waals surface area contributed by atoms with E-state index in [9.17, 15) is 4.79 Å². The Balaban J connectivity index is 1.60. The van der Waals surface area contributed by atoms with Crippen molar-refractivity contribution < 1.29 is 9.53 Å². The van der Waals surface area contributed by atoms with Gasteiger partial charge in [-0.25, -0.2) is 9.97 Å². The van der Waals surface area contributed by atoms with Crippen molar-refractivity contribution in [2.75, 3.05) is 24.3 Å². The second-order valence-electron chi connectivity index (χ2n) is 8.28. The molecular weight excluding hydrogens is 424 g/mol. The summed E-state index contributed by atoms with van der Waals surface area (Å²) in [5, 5.41) is 6.04. The molecule has 0 aliphatic heterocycles. The number of hydrogen-bond donors (Lipinski definition) is 2. The fourth-order valence-corrected chi connectivity index (χ4v) is 3.64. The normalized spacial score (nSPS) is 10.6. The maximum Gasteiger partial charge on any atom is 0.246 e. The van der Waals surface area contributed by atoms with Crippen LogP contribution in [-0.4, -0.2) is 29.5 Å². The number of methoxy groups -OCH3 is 1. The Morgan fingerprint density at radius 3 is 1.97 bits per heavy atom. The van der Waals surface area contributed by atoms with Crippen molar-refractivity contribution in [2.24, 2.45) is 0 Å². The number of hydrogen-bond acceptors (Lipinski definition) is 5. The SMILES string of the molecule is COc1ccc(-c2cc(-c3ccc(C)cc3)nc(NC(=O)CNc3ccc(C)cc3C)n2)cc1. The third-order valence-corrected chi connectivity index (χ3v) is 5.53. The van der Waals surface area contributed by atoms with Crippen molar-refractivity contribution in [3.8, 4) is 28.3 Å². The minimum absolute atomic E-state index is 0.111. The molecule has 6 nitrogen and oxygen atoms in total. The largest absolute Gasteiger partial charge is 0.497 e. The topological polar surface area (TPSA) is 76.1 Å². The van der Waals surface area contributed by atoms with Crippen LogP contribution in [0.15, 0.2) is 72.8 Å². The highest BCUT2D eigenvalue weighted by atomic mass is 16.5. The second kappa shape index (κ2) is 10.2. The van der Waals surface area contributed by atoms with Gasteiger partial charge in [-0.1, -0.05) is 47.5 Å². The molecule has 3 aromatic carbocycles. The zero-order valence-electron chi connectivity index (χ0n) is 19.8. The first-order valence-electron chi connectivity index (χ1n) is 11.1. The molecule has 0 aliphatic carbocycles. The molecule has 0 atom stereocenters. The van der Waals surface area contributed by atoms with Gasteiger partial charge in [-0.3, -0.25) is 10.1 Å². The van der Waals surface area contributed by atoms with E-state index < -0.39 is 0 Å². The number of rotatable bonds is 7. The van der Waals surface area contributed by atoms with Gasteiger partial charge < -0.3 is 10.1 Å². The predicted molar refractivity (Wildman–Crippen MR) is 137 cm³/mol. The molecule has 4 aromatic rings. The average Bonchev–Trinajstić information content (AvgIpc) is 2.84. The van der Waals surface area contributed by atoms with Gasteiger partial charge in [0.1, 0.15) is 5.75 Å². The van der Waals surface area contributed by atoms with Crippen molar-refractivity contribution >= 4 is 17.5 Å². The first-order valence-corrected chi connectivity index (χ1v) is 11.1. The zero-order valence-corrected chi connectivity index (χ0v) is 19.8. The number of nitrogens with zero attached hydrogens (tertiary/aromatic N) is 2. The Hall–Kier alpha value is -4.19. The average molecular weight is 453 g/mol. The van der Waals surface area contributed by atoms with Gasteiger partial charge in [0.25, 0.3) is 0 Å². The van der Waals surface area contributed by atoms with Crippen LogP contribution >= 0.6 is 0 Å². The number of amides is 1. The number of carbonyl (C=O) groups is 1. The van der Waals surface area contributed by atoms with E-state index in [2.05, 4.69) is 26.7 Å². The summed E-state index contributed by atoms with van der Waals surface area (Å²) in [6, 6.07) is 23.8. The number of ether oxygens (including phenoxy) is 1. The summed E-state index contributed by atoms with van der Waals surface area (Å²) in [6.45, 7) is 6.21. The molecule has 0 bridgehead atoms. The van der Waals surface area contributed by atoms with Gasteiger partial charge in [0.2, 0.25) is 11.9 Å². The van der Waals surface area contributed by atoms with Crippen LogP contribution in [0.1, 0.15) is 16.7 Å². The standard InChI is InChI=1S/C28H28N4O2/c1-18-5-8-21(9-6-18)25-16-26(22-10-12-23(34-4)13-11-22)31-28(30-25)32-27(33)17-29-24-14-7-19(2)15-20(24)3/h5-16,29H,17H2,1-4H3,(H,30,31,32,33). The molecule has 0 saturated carbocycles. The molecule has 1 amide bonds. The summed E-state index contributed by atoms with van der Waals surface area (Å²) in [7, 11) is 1.63. The van der Waals surface area contributed by atoms with Gasteiger partial charge in [0.15, 0.2) is 0 Å². The predicted octanol–water partition coefficient (Wildman–Crippen LogP) is 5.80. The van der Waals surface area contributed by atoms with Crippen LogP contribution < -0.4 is 15.4 Å². The molecular formula is C28H28N4O2. The Kier molecular flexibility index (Phi) is 6.87. The van der Waals surface area contributed by atoms with Crippen LogP contribution in [0.3, 0.4) is 0 Å². The van der Waals surface area contributed by atoms with Crippen LogP contribution in [0.2, 0.25) is 0 Å². The Morgan fingerprint density at radius 1 is 0.794 bits per heavy atom. The highest BCUT2D eigenvalue weighted by Gasteiger charge is 2.12. The monoisotopic (exact) mass is 452 g/mol. The quantitative estimate of drug-likeness (QED) is 0.371. The molecule has 0 aliphatic rings. The number of benzene rings is 3. The van der Waals surface area contributed by atoms with E-state index in [4.69, 9.17) is 4.74 Å². The molecule has 0 saturated heterocycles. The second-order valence-corrected chi connectivity index (χ2v) is 8.28. The van der Waals surface area contributed by atoms with Crippen molar-refractivity contribution in [3.63, 3.8) is 0 Å². The van der Waals surface area contributed by atoms with Gasteiger partial charge in [-0.05, 0) is 62.7 Å². The van der Waals surface area contributed by atoms with E-state index in [1.165, 1.54) is 11.1 Å². The van der Waals surface area contributed by atoms with Crippen LogP contribution in [-0.2, 0) is 4.79 Å². The van der Waals surface area contributed by atoms with E-state index in [-0.39, 0.29) is 18.4 Å². The van der Waals surface area contributed by atoms with Crippen LogP contribution in [0, 0.1) is 20.8 Å². The Morgan fingerprint density at radius 2 is 1.38 bits per heavy atom. The van der Waals surface area contributed by atoms with Gasteiger partial charge in [-0.15, -0.1) is 0 Å². The van der Waals surface area contributed by atoms with Gasteiger partial charge in [0.05, 0.1) is 25.0 Å². The minimum atomic E-state index is -0.221. The highest BCUT2D eigenvalue weighted by Crippen LogP contribution is 2.27. The van der Waals surface area contributed by atoms with Crippen LogP contribution in [0.25, 0.3) is 22.5 Å². The third-order valence-electron chi connectivity index (χ3n) is 5.53. The molecule has 1 aromatic heterocycles. The van der Waals surface area contributed by atoms with Crippen molar-refractivity contribution in [3.05, 3.63) is 89.5 Å². The van der Waals surface area contributed by atoms with Gasteiger partial charge in [-0.2, -0.15) is 0 Å². The molecule has 0 unspecified atom stereocenters. The first kappa shape index (κ1) is 23.0. The van der Waals surface area contributed by atoms with Crippen molar-refractivity contribution in [1.29, 1.82) is 0 Å².